The van der Waals surface area contributed by atoms with Crippen molar-refractivity contribution in [3.8, 4) is 11.5 Å². The van der Waals surface area contributed by atoms with E-state index in [1.165, 1.54) is 0 Å². The molecule has 0 amide bonds. The molecule has 0 bridgehead atoms. The second-order valence-corrected chi connectivity index (χ2v) is 4.52. The molecular weight excluding hydrogens is 380 g/mol. The molecule has 0 aliphatic carbocycles. The van der Waals surface area contributed by atoms with Crippen LogP contribution >= 0.6 is 16.5 Å². The van der Waals surface area contributed by atoms with Gasteiger partial charge in [0.25, 0.3) is 0 Å². The summed E-state index contributed by atoms with van der Waals surface area (Å²) < 4.78 is 28.7. The first-order valence-electron chi connectivity index (χ1n) is 5.33. The van der Waals surface area contributed by atoms with E-state index in [1.807, 2.05) is 0 Å². The van der Waals surface area contributed by atoms with Gasteiger partial charge >= 0.3 is 75.6 Å². The van der Waals surface area contributed by atoms with Gasteiger partial charge in [0, 0.05) is 0 Å². The van der Waals surface area contributed by atoms with Gasteiger partial charge in [-0.25, -0.2) is 0 Å². The number of hydrogen-bond donors (Lipinski definition) is 0. The summed E-state index contributed by atoms with van der Waals surface area (Å²) in [5.74, 6) is 0.692. The van der Waals surface area contributed by atoms with Crippen LogP contribution in [0.1, 0.15) is 0 Å². The molecule has 2 rings (SSSR count). The minimum Gasteiger partial charge on any atom is -0.558 e. The normalized spacial score (nSPS) is 8.92. The zero-order valence-electron chi connectivity index (χ0n) is 13.1. The van der Waals surface area contributed by atoms with E-state index in [4.69, 9.17) is 0 Å². The Morgan fingerprint density at radius 3 is 1.08 bits per heavy atom. The third-order valence-electron chi connectivity index (χ3n) is 1.85. The van der Waals surface area contributed by atoms with E-state index >= 15 is 0 Å². The fourth-order valence-electron chi connectivity index (χ4n) is 1.13. The summed E-state index contributed by atoms with van der Waals surface area (Å²) in [7, 11) is -5.55. The van der Waals surface area contributed by atoms with Crippen LogP contribution in [0.5, 0.6) is 11.5 Å². The molecular formula is C12H14Na2O8P2+2. The molecule has 0 saturated heterocycles. The summed E-state index contributed by atoms with van der Waals surface area (Å²) in [6.07, 6.45) is 0. The quantitative estimate of drug-likeness (QED) is 0.371. The second-order valence-electron chi connectivity index (χ2n) is 3.26. The van der Waals surface area contributed by atoms with Crippen LogP contribution in [0.3, 0.4) is 0 Å². The van der Waals surface area contributed by atoms with Crippen molar-refractivity contribution in [3.05, 3.63) is 60.7 Å². The zero-order chi connectivity index (χ0) is 14.8. The number of rotatable bonds is 4. The summed E-state index contributed by atoms with van der Waals surface area (Å²) >= 11 is 0. The molecule has 0 saturated carbocycles. The third kappa shape index (κ3) is 16.9. The maximum absolute atomic E-state index is 9.98. The zero-order valence-corrected chi connectivity index (χ0v) is 18.9. The summed E-state index contributed by atoms with van der Waals surface area (Å²) in [6, 6.07) is 16.7. The largest absolute Gasteiger partial charge is 1.00 e. The Bertz CT molecular complexity index is 508. The molecule has 0 fully saturated rings. The van der Waals surface area contributed by atoms with Gasteiger partial charge in [-0.15, -0.1) is 0 Å². The van der Waals surface area contributed by atoms with E-state index in [0.717, 1.165) is 0 Å². The molecule has 0 aliphatic heterocycles. The minimum atomic E-state index is -2.78. The SMILES string of the molecule is O.O.O=[P+]([O-])Oc1ccccc1.O=[P+]([O-])Oc1ccccc1.[Na+].[Na+]. The van der Waals surface area contributed by atoms with Crippen LogP contribution in [0.25, 0.3) is 0 Å². The first-order chi connectivity index (χ1) is 9.58. The van der Waals surface area contributed by atoms with Gasteiger partial charge in [-0.3, -0.25) is 9.05 Å². The Morgan fingerprint density at radius 2 is 0.875 bits per heavy atom. The Kier molecular flexibility index (Phi) is 25.7. The molecule has 4 N–H and O–H groups in total. The van der Waals surface area contributed by atoms with E-state index in [1.54, 1.807) is 60.7 Å². The van der Waals surface area contributed by atoms with Gasteiger partial charge in [0.1, 0.15) is 0 Å². The van der Waals surface area contributed by atoms with E-state index in [0.29, 0.717) is 11.5 Å². The molecule has 120 valence electrons. The van der Waals surface area contributed by atoms with Gasteiger partial charge in [0.05, 0.1) is 0 Å². The van der Waals surface area contributed by atoms with Gasteiger partial charge in [-0.2, -0.15) is 0 Å². The van der Waals surface area contributed by atoms with Gasteiger partial charge in [-0.05, 0) is 33.4 Å². The van der Waals surface area contributed by atoms with Gasteiger partial charge in [0.2, 0.25) is 0 Å². The van der Waals surface area contributed by atoms with Crippen LogP contribution in [0.4, 0.5) is 0 Å². The topological polar surface area (TPSA) is 162 Å². The number of hydrogen-bond acceptors (Lipinski definition) is 6. The van der Waals surface area contributed by atoms with Crippen molar-refractivity contribution in [2.24, 2.45) is 0 Å². The first kappa shape index (κ1) is 31.8. The Hall–Kier alpha value is 0.0800. The smallest absolute Gasteiger partial charge is 0.558 e. The Labute approximate surface area is 185 Å². The monoisotopic (exact) mass is 394 g/mol. The third-order valence-corrected chi connectivity index (χ3v) is 2.57. The summed E-state index contributed by atoms with van der Waals surface area (Å²) in [5, 5.41) is 0. The first-order valence-corrected chi connectivity index (χ1v) is 7.52. The summed E-state index contributed by atoms with van der Waals surface area (Å²) in [6.45, 7) is 0. The maximum atomic E-state index is 9.98. The molecule has 2 aromatic rings. The average Bonchev–Trinajstić information content (AvgIpc) is 2.40. The summed E-state index contributed by atoms with van der Waals surface area (Å²) in [5.41, 5.74) is 0. The van der Waals surface area contributed by atoms with Crippen LogP contribution in [0, 0.1) is 0 Å². The molecule has 2 aromatic carbocycles. The maximum Gasteiger partial charge on any atom is 1.00 e. The number of para-hydroxylation sites is 2. The van der Waals surface area contributed by atoms with Gasteiger partial charge in [0.15, 0.2) is 11.5 Å². The van der Waals surface area contributed by atoms with Crippen molar-refractivity contribution < 1.29 is 98.0 Å². The Balaban J connectivity index is -0.000000143. The molecule has 2 atom stereocenters. The summed E-state index contributed by atoms with van der Waals surface area (Å²) in [4.78, 5) is 20.0. The molecule has 8 nitrogen and oxygen atoms in total. The van der Waals surface area contributed by atoms with Crippen LogP contribution in [0.2, 0.25) is 0 Å². The molecule has 0 aromatic heterocycles. The van der Waals surface area contributed by atoms with Crippen molar-refractivity contribution in [1.82, 2.24) is 0 Å². The van der Waals surface area contributed by atoms with Crippen LogP contribution in [-0.4, -0.2) is 11.0 Å². The molecule has 24 heavy (non-hydrogen) atoms. The second kappa shape index (κ2) is 19.4. The van der Waals surface area contributed by atoms with E-state index in [9.17, 15) is 18.9 Å². The molecule has 0 spiro atoms. The average molecular weight is 394 g/mol. The van der Waals surface area contributed by atoms with E-state index < -0.39 is 16.5 Å². The van der Waals surface area contributed by atoms with Gasteiger partial charge < -0.3 is 20.7 Å². The molecule has 0 heterocycles. The van der Waals surface area contributed by atoms with E-state index in [-0.39, 0.29) is 70.1 Å². The van der Waals surface area contributed by atoms with Crippen LogP contribution in [-0.2, 0) is 9.13 Å². The van der Waals surface area contributed by atoms with Crippen molar-refractivity contribution in [3.63, 3.8) is 0 Å². The van der Waals surface area contributed by atoms with Crippen LogP contribution < -0.4 is 77.9 Å². The van der Waals surface area contributed by atoms with Gasteiger partial charge in [-0.1, -0.05) is 36.4 Å². The van der Waals surface area contributed by atoms with Crippen molar-refractivity contribution in [2.75, 3.05) is 0 Å². The van der Waals surface area contributed by atoms with Crippen molar-refractivity contribution >= 4 is 16.5 Å². The molecule has 0 aliphatic rings. The van der Waals surface area contributed by atoms with E-state index in [2.05, 4.69) is 9.05 Å². The fraction of sp³-hybridized carbons (Fsp3) is 0. The molecule has 2 unspecified atom stereocenters. The number of benzene rings is 2. The minimum absolute atomic E-state index is 0. The predicted octanol–water partition coefficient (Wildman–Crippen LogP) is -5.48. The van der Waals surface area contributed by atoms with Crippen LogP contribution in [0.15, 0.2) is 60.7 Å². The van der Waals surface area contributed by atoms with Crippen molar-refractivity contribution in [1.29, 1.82) is 0 Å². The standard InChI is InChI=1S/2C6H5O3P.2Na.2H2O/c2*7-10(8)9-6-4-2-1-3-5-6;;;;/h2*1-5H;;;2*1H2/q;;2*+1;;. The predicted molar refractivity (Wildman–Crippen MR) is 76.6 cm³/mol. The van der Waals surface area contributed by atoms with Crippen molar-refractivity contribution in [2.45, 2.75) is 0 Å². The Morgan fingerprint density at radius 1 is 0.625 bits per heavy atom. The molecule has 12 heteroatoms. The fourth-order valence-corrected chi connectivity index (χ4v) is 1.72. The molecule has 0 radical (unpaired) electrons.